The Labute approximate surface area is 198 Å². The van der Waals surface area contributed by atoms with Gasteiger partial charge in [0.15, 0.2) is 6.10 Å². The number of rotatable bonds is 3. The largest absolute Gasteiger partial charge is 0.273 e. The first kappa shape index (κ1) is 21.7. The Morgan fingerprint density at radius 2 is 1.42 bits per heavy atom. The SMILES string of the molecule is CC(C)(C)c1ccc([C@@H]2[C@@H]3C(=O)N(c4ccc(Cl)cc4)C(=O)[C@H]3ON2c2ccccc2)cc1. The molecule has 0 aromatic heterocycles. The molecule has 6 heteroatoms. The maximum Gasteiger partial charge on any atom is 0.266 e. The van der Waals surface area contributed by atoms with Crippen LogP contribution in [-0.4, -0.2) is 17.9 Å². The normalized spacial score (nSPS) is 22.7. The Balaban J connectivity index is 1.57. The van der Waals surface area contributed by atoms with Crippen molar-refractivity contribution in [3.8, 4) is 0 Å². The van der Waals surface area contributed by atoms with Crippen molar-refractivity contribution in [3.63, 3.8) is 0 Å². The van der Waals surface area contributed by atoms with Gasteiger partial charge in [0.05, 0.1) is 17.4 Å². The minimum atomic E-state index is -0.888. The summed E-state index contributed by atoms with van der Waals surface area (Å²) in [5, 5.41) is 2.26. The van der Waals surface area contributed by atoms with Gasteiger partial charge in [-0.05, 0) is 52.9 Å². The van der Waals surface area contributed by atoms with Gasteiger partial charge in [-0.1, -0.05) is 74.8 Å². The number of para-hydroxylation sites is 1. The zero-order valence-electron chi connectivity index (χ0n) is 18.7. The molecule has 3 aromatic carbocycles. The predicted molar refractivity (Wildman–Crippen MR) is 129 cm³/mol. The zero-order chi connectivity index (χ0) is 23.3. The van der Waals surface area contributed by atoms with Crippen molar-refractivity contribution in [1.82, 2.24) is 0 Å². The highest BCUT2D eigenvalue weighted by molar-refractivity contribution is 6.31. The average molecular weight is 461 g/mol. The molecule has 0 aliphatic carbocycles. The van der Waals surface area contributed by atoms with E-state index in [-0.39, 0.29) is 17.2 Å². The fourth-order valence-corrected chi connectivity index (χ4v) is 4.70. The van der Waals surface area contributed by atoms with Crippen LogP contribution in [0.2, 0.25) is 5.02 Å². The smallest absolute Gasteiger partial charge is 0.266 e. The molecule has 3 aromatic rings. The summed E-state index contributed by atoms with van der Waals surface area (Å²) < 4.78 is 0. The van der Waals surface area contributed by atoms with Crippen LogP contribution in [0.1, 0.15) is 37.9 Å². The number of halogens is 1. The van der Waals surface area contributed by atoms with Crippen LogP contribution < -0.4 is 9.96 Å². The van der Waals surface area contributed by atoms with Gasteiger partial charge in [0.1, 0.15) is 5.92 Å². The summed E-state index contributed by atoms with van der Waals surface area (Å²) in [4.78, 5) is 34.4. The maximum atomic E-state index is 13.6. The molecule has 0 bridgehead atoms. The second kappa shape index (κ2) is 8.01. The molecule has 0 radical (unpaired) electrons. The molecule has 168 valence electrons. The molecule has 2 amide bonds. The highest BCUT2D eigenvalue weighted by Gasteiger charge is 2.60. The topological polar surface area (TPSA) is 49.9 Å². The molecule has 0 unspecified atom stereocenters. The van der Waals surface area contributed by atoms with Gasteiger partial charge in [0.25, 0.3) is 5.91 Å². The summed E-state index contributed by atoms with van der Waals surface area (Å²) >= 11 is 6.00. The lowest BCUT2D eigenvalue weighted by Gasteiger charge is -2.29. The zero-order valence-corrected chi connectivity index (χ0v) is 19.5. The molecule has 2 fully saturated rings. The predicted octanol–water partition coefficient (Wildman–Crippen LogP) is 5.69. The molecule has 5 nitrogen and oxygen atoms in total. The Morgan fingerprint density at radius 3 is 2.03 bits per heavy atom. The molecule has 2 aliphatic heterocycles. The molecule has 0 N–H and O–H groups in total. The number of carbonyl (C=O) groups is 2. The highest BCUT2D eigenvalue weighted by Crippen LogP contribution is 2.47. The molecule has 0 spiro atoms. The number of imide groups is 1. The third kappa shape index (κ3) is 3.71. The third-order valence-corrected chi connectivity index (χ3v) is 6.58. The van der Waals surface area contributed by atoms with E-state index in [4.69, 9.17) is 16.4 Å². The number of hydrogen-bond acceptors (Lipinski definition) is 4. The second-order valence-corrected chi connectivity index (χ2v) is 9.95. The number of hydroxylamine groups is 1. The molecule has 2 saturated heterocycles. The van der Waals surface area contributed by atoms with Crippen molar-refractivity contribution < 1.29 is 14.4 Å². The van der Waals surface area contributed by atoms with Crippen molar-refractivity contribution >= 4 is 34.8 Å². The van der Waals surface area contributed by atoms with Crippen molar-refractivity contribution in [2.45, 2.75) is 38.3 Å². The lowest BCUT2D eigenvalue weighted by Crippen LogP contribution is -2.37. The Hall–Kier alpha value is -3.15. The van der Waals surface area contributed by atoms with E-state index in [1.54, 1.807) is 29.3 Å². The van der Waals surface area contributed by atoms with Crippen LogP contribution in [0.3, 0.4) is 0 Å². The van der Waals surface area contributed by atoms with E-state index in [0.29, 0.717) is 10.7 Å². The molecular formula is C27H25ClN2O3. The summed E-state index contributed by atoms with van der Waals surface area (Å²) in [5.74, 6) is -1.29. The Morgan fingerprint density at radius 1 is 0.788 bits per heavy atom. The second-order valence-electron chi connectivity index (χ2n) is 9.52. The van der Waals surface area contributed by atoms with E-state index < -0.39 is 18.1 Å². The fraction of sp³-hybridized carbons (Fsp3) is 0.259. The van der Waals surface area contributed by atoms with Crippen LogP contribution in [0.5, 0.6) is 0 Å². The molecule has 33 heavy (non-hydrogen) atoms. The average Bonchev–Trinajstić information content (AvgIpc) is 3.31. The first-order valence-corrected chi connectivity index (χ1v) is 11.4. The van der Waals surface area contributed by atoms with Gasteiger partial charge in [-0.3, -0.25) is 14.4 Å². The Bertz CT molecular complexity index is 1190. The molecule has 2 aliphatic rings. The molecule has 2 heterocycles. The standard InChI is InChI=1S/C27H25ClN2O3/c1-27(2,3)18-11-9-17(10-12-18)23-22-24(33-30(23)21-7-5-4-6-8-21)26(32)29(25(22)31)20-15-13-19(28)14-16-20/h4-16,22-24H,1-3H3/t22-,23+,24-/m0/s1. The van der Waals surface area contributed by atoms with Crippen LogP contribution in [0.25, 0.3) is 0 Å². The monoisotopic (exact) mass is 460 g/mol. The van der Waals surface area contributed by atoms with E-state index in [2.05, 4.69) is 32.9 Å². The first-order valence-electron chi connectivity index (χ1n) is 11.0. The summed E-state index contributed by atoms with van der Waals surface area (Å²) in [6, 6.07) is 24.1. The van der Waals surface area contributed by atoms with Crippen molar-refractivity contribution in [3.05, 3.63) is 95.0 Å². The number of amides is 2. The van der Waals surface area contributed by atoms with Crippen molar-refractivity contribution in [2.24, 2.45) is 5.92 Å². The highest BCUT2D eigenvalue weighted by atomic mass is 35.5. The molecule has 0 saturated carbocycles. The molecule has 5 rings (SSSR count). The Kier molecular flexibility index (Phi) is 5.26. The van der Waals surface area contributed by atoms with E-state index in [9.17, 15) is 9.59 Å². The van der Waals surface area contributed by atoms with Gasteiger partial charge in [-0.2, -0.15) is 0 Å². The number of benzene rings is 3. The quantitative estimate of drug-likeness (QED) is 0.471. The number of nitrogens with zero attached hydrogens (tertiary/aromatic N) is 2. The molecule has 3 atom stereocenters. The number of carbonyl (C=O) groups excluding carboxylic acids is 2. The van der Waals surface area contributed by atoms with Gasteiger partial charge in [0, 0.05) is 5.02 Å². The fourth-order valence-electron chi connectivity index (χ4n) is 4.58. The minimum absolute atomic E-state index is 0.0108. The lowest BCUT2D eigenvalue weighted by atomic mass is 9.84. The minimum Gasteiger partial charge on any atom is -0.273 e. The maximum absolute atomic E-state index is 13.6. The lowest BCUT2D eigenvalue weighted by molar-refractivity contribution is -0.126. The van der Waals surface area contributed by atoms with E-state index in [1.807, 2.05) is 42.5 Å². The first-order chi connectivity index (χ1) is 15.8. The summed E-state index contributed by atoms with van der Waals surface area (Å²) in [6.07, 6.45) is -0.888. The van der Waals surface area contributed by atoms with Crippen LogP contribution in [0.4, 0.5) is 11.4 Å². The summed E-state index contributed by atoms with van der Waals surface area (Å²) in [6.45, 7) is 6.49. The van der Waals surface area contributed by atoms with Gasteiger partial charge in [-0.25, -0.2) is 9.96 Å². The van der Waals surface area contributed by atoms with Gasteiger partial charge >= 0.3 is 0 Å². The number of anilines is 2. The third-order valence-electron chi connectivity index (χ3n) is 6.33. The van der Waals surface area contributed by atoms with Gasteiger partial charge < -0.3 is 0 Å². The van der Waals surface area contributed by atoms with Crippen LogP contribution in [0, 0.1) is 5.92 Å². The van der Waals surface area contributed by atoms with E-state index in [1.165, 1.54) is 10.5 Å². The van der Waals surface area contributed by atoms with Crippen molar-refractivity contribution in [2.75, 3.05) is 9.96 Å². The molecular weight excluding hydrogens is 436 g/mol. The van der Waals surface area contributed by atoms with Crippen LogP contribution in [-0.2, 0) is 19.8 Å². The summed E-state index contributed by atoms with van der Waals surface area (Å²) in [7, 11) is 0. The van der Waals surface area contributed by atoms with Gasteiger partial charge in [-0.15, -0.1) is 0 Å². The number of hydrogen-bond donors (Lipinski definition) is 0. The van der Waals surface area contributed by atoms with Crippen LogP contribution in [0.15, 0.2) is 78.9 Å². The summed E-state index contributed by atoms with van der Waals surface area (Å²) in [5.41, 5.74) is 3.44. The van der Waals surface area contributed by atoms with Gasteiger partial charge in [0.2, 0.25) is 5.91 Å². The van der Waals surface area contributed by atoms with E-state index >= 15 is 0 Å². The van der Waals surface area contributed by atoms with Crippen LogP contribution >= 0.6 is 11.6 Å². The van der Waals surface area contributed by atoms with E-state index in [0.717, 1.165) is 11.3 Å². The number of fused-ring (bicyclic) bond motifs is 1. The van der Waals surface area contributed by atoms with Crippen molar-refractivity contribution in [1.29, 1.82) is 0 Å².